The summed E-state index contributed by atoms with van der Waals surface area (Å²) in [5, 5.41) is 7.76. The van der Waals surface area contributed by atoms with Gasteiger partial charge in [-0.05, 0) is 68.5 Å². The number of amides is 1. The number of benzene rings is 1. The van der Waals surface area contributed by atoms with Crippen molar-refractivity contribution in [2.75, 3.05) is 26.2 Å². The first-order valence-electron chi connectivity index (χ1n) is 9.42. The van der Waals surface area contributed by atoms with Crippen LogP contribution in [0, 0.1) is 11.7 Å². The minimum absolute atomic E-state index is 0.198. The average Bonchev–Trinajstić information content (AvgIpc) is 3.36. The quantitative estimate of drug-likeness (QED) is 0.914. The van der Waals surface area contributed by atoms with Crippen LogP contribution in [-0.4, -0.2) is 46.8 Å². The second kappa shape index (κ2) is 7.19. The minimum Gasteiger partial charge on any atom is -0.340 e. The molecule has 138 valence electrons. The SMILES string of the molecule is O=C(N1CCC(Cc2ccc(F)cc2)C1)C1(n2cccn2)CCNCC1. The Morgan fingerprint density at radius 1 is 1.27 bits per heavy atom. The number of carbonyl (C=O) groups excluding carboxylic acids is 1. The summed E-state index contributed by atoms with van der Waals surface area (Å²) in [6.07, 6.45) is 7.09. The van der Waals surface area contributed by atoms with Crippen LogP contribution in [0.4, 0.5) is 4.39 Å². The van der Waals surface area contributed by atoms with E-state index in [1.165, 1.54) is 12.1 Å². The number of nitrogens with zero attached hydrogens (tertiary/aromatic N) is 3. The number of piperidine rings is 1. The van der Waals surface area contributed by atoms with Gasteiger partial charge in [-0.2, -0.15) is 5.10 Å². The largest absolute Gasteiger partial charge is 0.340 e. The van der Waals surface area contributed by atoms with Crippen molar-refractivity contribution in [2.24, 2.45) is 5.92 Å². The molecule has 2 aliphatic heterocycles. The number of rotatable bonds is 4. The summed E-state index contributed by atoms with van der Waals surface area (Å²) in [5.74, 6) is 0.425. The highest BCUT2D eigenvalue weighted by Gasteiger charge is 2.45. The Labute approximate surface area is 153 Å². The standard InChI is InChI=1S/C20H25FN4O/c21-18-4-2-16(3-5-18)14-17-6-13-24(15-17)19(26)20(7-10-22-11-8-20)25-12-1-9-23-25/h1-5,9,12,17,22H,6-8,10-11,13-15H2. The van der Waals surface area contributed by atoms with Crippen molar-refractivity contribution in [2.45, 2.75) is 31.2 Å². The molecule has 2 aromatic rings. The number of halogens is 1. The second-order valence-electron chi connectivity index (χ2n) is 7.47. The minimum atomic E-state index is -0.556. The van der Waals surface area contributed by atoms with Crippen molar-refractivity contribution in [3.8, 4) is 0 Å². The Bertz CT molecular complexity index is 738. The zero-order valence-corrected chi connectivity index (χ0v) is 14.9. The predicted octanol–water partition coefficient (Wildman–Crippen LogP) is 2.19. The molecule has 0 bridgehead atoms. The Kier molecular flexibility index (Phi) is 4.76. The maximum Gasteiger partial charge on any atom is 0.250 e. The highest BCUT2D eigenvalue weighted by molar-refractivity contribution is 5.85. The number of aromatic nitrogens is 2. The molecule has 26 heavy (non-hydrogen) atoms. The van der Waals surface area contributed by atoms with Gasteiger partial charge in [-0.1, -0.05) is 12.1 Å². The van der Waals surface area contributed by atoms with Crippen molar-refractivity contribution in [3.05, 3.63) is 54.1 Å². The summed E-state index contributed by atoms with van der Waals surface area (Å²) in [7, 11) is 0. The van der Waals surface area contributed by atoms with Gasteiger partial charge in [-0.15, -0.1) is 0 Å². The molecular weight excluding hydrogens is 331 g/mol. The van der Waals surface area contributed by atoms with Crippen LogP contribution in [-0.2, 0) is 16.8 Å². The molecule has 3 heterocycles. The molecule has 2 fully saturated rings. The number of carbonyl (C=O) groups is 1. The molecule has 6 heteroatoms. The Hall–Kier alpha value is -2.21. The van der Waals surface area contributed by atoms with E-state index >= 15 is 0 Å². The molecule has 5 nitrogen and oxygen atoms in total. The molecule has 0 saturated carbocycles. The van der Waals surface area contributed by atoms with Crippen LogP contribution in [0.5, 0.6) is 0 Å². The van der Waals surface area contributed by atoms with Crippen LogP contribution in [0.1, 0.15) is 24.8 Å². The van der Waals surface area contributed by atoms with Crippen LogP contribution >= 0.6 is 0 Å². The van der Waals surface area contributed by atoms with Gasteiger partial charge in [0.05, 0.1) is 0 Å². The third kappa shape index (κ3) is 3.26. The number of hydrogen-bond donors (Lipinski definition) is 1. The molecule has 0 spiro atoms. The van der Waals surface area contributed by atoms with E-state index in [-0.39, 0.29) is 11.7 Å². The fourth-order valence-corrected chi connectivity index (χ4v) is 4.34. The molecule has 1 atom stereocenters. The highest BCUT2D eigenvalue weighted by atomic mass is 19.1. The lowest BCUT2D eigenvalue weighted by Gasteiger charge is -2.39. The van der Waals surface area contributed by atoms with Gasteiger partial charge in [0, 0.05) is 25.5 Å². The Balaban J connectivity index is 1.46. The zero-order chi connectivity index (χ0) is 18.0. The summed E-state index contributed by atoms with van der Waals surface area (Å²) >= 11 is 0. The van der Waals surface area contributed by atoms with Crippen LogP contribution in [0.25, 0.3) is 0 Å². The second-order valence-corrected chi connectivity index (χ2v) is 7.47. The molecular formula is C20H25FN4O. The highest BCUT2D eigenvalue weighted by Crippen LogP contribution is 2.32. The van der Waals surface area contributed by atoms with E-state index in [2.05, 4.69) is 10.4 Å². The van der Waals surface area contributed by atoms with Gasteiger partial charge in [0.25, 0.3) is 5.91 Å². The monoisotopic (exact) mass is 356 g/mol. The Morgan fingerprint density at radius 3 is 2.73 bits per heavy atom. The molecule has 2 aliphatic rings. The van der Waals surface area contributed by atoms with E-state index in [4.69, 9.17) is 0 Å². The molecule has 1 N–H and O–H groups in total. The smallest absolute Gasteiger partial charge is 0.250 e. The molecule has 2 saturated heterocycles. The predicted molar refractivity (Wildman–Crippen MR) is 97.1 cm³/mol. The number of likely N-dealkylation sites (tertiary alicyclic amines) is 1. The van der Waals surface area contributed by atoms with Gasteiger partial charge in [0.2, 0.25) is 0 Å². The fraction of sp³-hybridized carbons (Fsp3) is 0.500. The summed E-state index contributed by atoms with van der Waals surface area (Å²) in [5.41, 5.74) is 0.578. The van der Waals surface area contributed by atoms with Gasteiger partial charge in [-0.25, -0.2) is 4.39 Å². The zero-order valence-electron chi connectivity index (χ0n) is 14.9. The van der Waals surface area contributed by atoms with Gasteiger partial charge in [0.15, 0.2) is 0 Å². The lowest BCUT2D eigenvalue weighted by atomic mass is 9.87. The lowest BCUT2D eigenvalue weighted by molar-refractivity contribution is -0.142. The maximum atomic E-state index is 13.5. The topological polar surface area (TPSA) is 50.2 Å². The summed E-state index contributed by atoms with van der Waals surface area (Å²) in [6, 6.07) is 8.60. The van der Waals surface area contributed by atoms with Crippen LogP contribution in [0.15, 0.2) is 42.7 Å². The van der Waals surface area contributed by atoms with E-state index in [0.717, 1.165) is 57.4 Å². The molecule has 1 aromatic heterocycles. The maximum absolute atomic E-state index is 13.5. The molecule has 0 aliphatic carbocycles. The van der Waals surface area contributed by atoms with Crippen molar-refractivity contribution in [1.29, 1.82) is 0 Å². The molecule has 1 amide bonds. The van der Waals surface area contributed by atoms with Crippen molar-refractivity contribution < 1.29 is 9.18 Å². The number of nitrogens with one attached hydrogen (secondary N) is 1. The first kappa shape index (κ1) is 17.2. The first-order chi connectivity index (χ1) is 12.7. The first-order valence-corrected chi connectivity index (χ1v) is 9.42. The van der Waals surface area contributed by atoms with Crippen molar-refractivity contribution >= 4 is 5.91 Å². The summed E-state index contributed by atoms with van der Waals surface area (Å²) in [6.45, 7) is 3.23. The van der Waals surface area contributed by atoms with Crippen LogP contribution < -0.4 is 5.32 Å². The molecule has 0 radical (unpaired) electrons. The van der Waals surface area contributed by atoms with E-state index in [1.807, 2.05) is 34.0 Å². The lowest BCUT2D eigenvalue weighted by Crippen LogP contribution is -2.55. The van der Waals surface area contributed by atoms with E-state index in [9.17, 15) is 9.18 Å². The third-order valence-corrected chi connectivity index (χ3v) is 5.78. The van der Waals surface area contributed by atoms with E-state index in [1.54, 1.807) is 6.20 Å². The van der Waals surface area contributed by atoms with Crippen LogP contribution in [0.3, 0.4) is 0 Å². The van der Waals surface area contributed by atoms with Gasteiger partial charge in [0.1, 0.15) is 11.4 Å². The fourth-order valence-electron chi connectivity index (χ4n) is 4.34. The Morgan fingerprint density at radius 2 is 2.04 bits per heavy atom. The van der Waals surface area contributed by atoms with E-state index < -0.39 is 5.54 Å². The van der Waals surface area contributed by atoms with Crippen molar-refractivity contribution in [1.82, 2.24) is 20.0 Å². The molecule has 4 rings (SSSR count). The van der Waals surface area contributed by atoms with Gasteiger partial charge >= 0.3 is 0 Å². The average molecular weight is 356 g/mol. The summed E-state index contributed by atoms with van der Waals surface area (Å²) in [4.78, 5) is 15.5. The molecule has 1 unspecified atom stereocenters. The normalized spacial score (nSPS) is 22.5. The summed E-state index contributed by atoms with van der Waals surface area (Å²) < 4.78 is 14.9. The van der Waals surface area contributed by atoms with Crippen LogP contribution in [0.2, 0.25) is 0 Å². The molecule has 1 aromatic carbocycles. The number of hydrogen-bond acceptors (Lipinski definition) is 3. The van der Waals surface area contributed by atoms with Gasteiger partial charge < -0.3 is 10.2 Å². The van der Waals surface area contributed by atoms with E-state index in [0.29, 0.717) is 5.92 Å². The third-order valence-electron chi connectivity index (χ3n) is 5.78. The van der Waals surface area contributed by atoms with Crippen molar-refractivity contribution in [3.63, 3.8) is 0 Å². The van der Waals surface area contributed by atoms with Gasteiger partial charge in [-0.3, -0.25) is 9.48 Å².